The molecule has 2 nitrogen and oxygen atoms in total. The summed E-state index contributed by atoms with van der Waals surface area (Å²) in [5.74, 6) is -0.738. The third-order valence-corrected chi connectivity index (χ3v) is 4.31. The number of carbonyl (C=O) groups is 1. The van der Waals surface area contributed by atoms with Gasteiger partial charge in [0.05, 0.1) is 5.92 Å². The highest BCUT2D eigenvalue weighted by atomic mass is 32.2. The monoisotopic (exact) mass is 236 g/mol. The predicted molar refractivity (Wildman–Crippen MR) is 65.9 cm³/mol. The second kappa shape index (κ2) is 3.81. The Balaban J connectivity index is 2.23. The minimum atomic E-state index is -0.677. The molecule has 1 aromatic rings. The molecule has 0 spiro atoms. The summed E-state index contributed by atoms with van der Waals surface area (Å²) in [6.45, 7) is 4.05. The third-order valence-electron chi connectivity index (χ3n) is 3.57. The minimum absolute atomic E-state index is 0.104. The van der Waals surface area contributed by atoms with E-state index in [4.69, 9.17) is 5.11 Å². The first kappa shape index (κ1) is 11.5. The van der Waals surface area contributed by atoms with E-state index < -0.39 is 5.97 Å². The zero-order chi connectivity index (χ0) is 11.9. The lowest BCUT2D eigenvalue weighted by Crippen LogP contribution is -2.03. The van der Waals surface area contributed by atoms with Crippen molar-refractivity contribution in [2.24, 2.45) is 11.3 Å². The van der Waals surface area contributed by atoms with Crippen LogP contribution in [0.15, 0.2) is 29.2 Å². The Morgan fingerprint density at radius 3 is 2.25 bits per heavy atom. The molecule has 16 heavy (non-hydrogen) atoms. The lowest BCUT2D eigenvalue weighted by Gasteiger charge is -2.03. The van der Waals surface area contributed by atoms with Gasteiger partial charge < -0.3 is 5.11 Å². The van der Waals surface area contributed by atoms with Crippen LogP contribution in [0, 0.1) is 11.3 Å². The highest BCUT2D eigenvalue weighted by Gasteiger charge is 2.62. The topological polar surface area (TPSA) is 37.3 Å². The molecule has 1 aliphatic carbocycles. The standard InChI is InChI=1S/C13H16O2S/c1-13(2)10(11(13)12(14)15)8-4-6-9(16-3)7-5-8/h4-7,10-11H,1-3H3,(H,14,15). The number of carboxylic acids is 1. The number of aliphatic carboxylic acids is 1. The number of rotatable bonds is 3. The van der Waals surface area contributed by atoms with Crippen molar-refractivity contribution in [1.82, 2.24) is 0 Å². The normalized spacial score (nSPS) is 26.4. The molecule has 0 heterocycles. The van der Waals surface area contributed by atoms with Gasteiger partial charge in [0.1, 0.15) is 0 Å². The fraction of sp³-hybridized carbons (Fsp3) is 0.462. The van der Waals surface area contributed by atoms with Crippen LogP contribution < -0.4 is 0 Å². The Morgan fingerprint density at radius 1 is 1.31 bits per heavy atom. The molecule has 0 amide bonds. The number of carboxylic acid groups (broad SMARTS) is 1. The van der Waals surface area contributed by atoms with Crippen LogP contribution in [0.2, 0.25) is 0 Å². The Bertz CT molecular complexity index is 408. The Kier molecular flexibility index (Phi) is 2.74. The fourth-order valence-electron chi connectivity index (χ4n) is 2.53. The highest BCUT2D eigenvalue weighted by molar-refractivity contribution is 7.98. The van der Waals surface area contributed by atoms with Crippen molar-refractivity contribution >= 4 is 17.7 Å². The van der Waals surface area contributed by atoms with Gasteiger partial charge >= 0.3 is 5.97 Å². The number of hydrogen-bond acceptors (Lipinski definition) is 2. The summed E-state index contributed by atoms with van der Waals surface area (Å²) in [5, 5.41) is 9.12. The zero-order valence-corrected chi connectivity index (χ0v) is 10.5. The van der Waals surface area contributed by atoms with Crippen molar-refractivity contribution in [3.63, 3.8) is 0 Å². The van der Waals surface area contributed by atoms with Gasteiger partial charge in [0.15, 0.2) is 0 Å². The maximum Gasteiger partial charge on any atom is 0.307 e. The molecule has 2 atom stereocenters. The SMILES string of the molecule is CSc1ccc(C2C(C(=O)O)C2(C)C)cc1. The average molecular weight is 236 g/mol. The van der Waals surface area contributed by atoms with Crippen LogP contribution in [-0.2, 0) is 4.79 Å². The van der Waals surface area contributed by atoms with Gasteiger partial charge in [-0.05, 0) is 29.4 Å². The van der Waals surface area contributed by atoms with E-state index in [0.717, 1.165) is 5.56 Å². The molecule has 3 heteroatoms. The predicted octanol–water partition coefficient (Wildman–Crippen LogP) is 3.23. The first-order chi connectivity index (χ1) is 7.48. The van der Waals surface area contributed by atoms with E-state index in [1.54, 1.807) is 11.8 Å². The van der Waals surface area contributed by atoms with Gasteiger partial charge in [-0.3, -0.25) is 4.79 Å². The van der Waals surface area contributed by atoms with Crippen LogP contribution in [0.3, 0.4) is 0 Å². The number of hydrogen-bond donors (Lipinski definition) is 1. The van der Waals surface area contributed by atoms with Crippen molar-refractivity contribution in [3.8, 4) is 0 Å². The van der Waals surface area contributed by atoms with Crippen molar-refractivity contribution in [1.29, 1.82) is 0 Å². The van der Waals surface area contributed by atoms with E-state index in [1.165, 1.54) is 4.90 Å². The van der Waals surface area contributed by atoms with Crippen molar-refractivity contribution in [2.75, 3.05) is 6.26 Å². The maximum atomic E-state index is 11.1. The quantitative estimate of drug-likeness (QED) is 0.819. The maximum absolute atomic E-state index is 11.1. The van der Waals surface area contributed by atoms with E-state index in [9.17, 15) is 4.79 Å². The molecule has 0 aliphatic heterocycles. The second-order valence-electron chi connectivity index (χ2n) is 4.89. The van der Waals surface area contributed by atoms with E-state index >= 15 is 0 Å². The number of benzene rings is 1. The average Bonchev–Trinajstić information content (AvgIpc) is 2.82. The number of thioether (sulfide) groups is 1. The van der Waals surface area contributed by atoms with Gasteiger partial charge in [-0.25, -0.2) is 0 Å². The molecule has 0 saturated heterocycles. The molecule has 0 aromatic heterocycles. The minimum Gasteiger partial charge on any atom is -0.481 e. The molecule has 1 aliphatic rings. The molecule has 0 bridgehead atoms. The summed E-state index contributed by atoms with van der Waals surface area (Å²) < 4.78 is 0. The van der Waals surface area contributed by atoms with Crippen molar-refractivity contribution < 1.29 is 9.90 Å². The molecule has 1 N–H and O–H groups in total. The van der Waals surface area contributed by atoms with E-state index in [1.807, 2.05) is 20.1 Å². The first-order valence-corrected chi connectivity index (χ1v) is 6.57. The summed E-state index contributed by atoms with van der Waals surface area (Å²) in [4.78, 5) is 12.3. The first-order valence-electron chi connectivity index (χ1n) is 5.35. The molecular weight excluding hydrogens is 220 g/mol. The van der Waals surface area contributed by atoms with Gasteiger partial charge in [0.2, 0.25) is 0 Å². The molecule has 2 rings (SSSR count). The van der Waals surface area contributed by atoms with Gasteiger partial charge in [-0.2, -0.15) is 0 Å². The van der Waals surface area contributed by atoms with Crippen LogP contribution in [0.25, 0.3) is 0 Å². The van der Waals surface area contributed by atoms with Crippen molar-refractivity contribution in [2.45, 2.75) is 24.7 Å². The molecule has 0 radical (unpaired) electrons. The smallest absolute Gasteiger partial charge is 0.307 e. The van der Waals surface area contributed by atoms with Crippen molar-refractivity contribution in [3.05, 3.63) is 29.8 Å². The summed E-state index contributed by atoms with van der Waals surface area (Å²) >= 11 is 1.70. The van der Waals surface area contributed by atoms with Gasteiger partial charge in [0, 0.05) is 10.8 Å². The van der Waals surface area contributed by atoms with Crippen LogP contribution in [0.1, 0.15) is 25.3 Å². The summed E-state index contributed by atoms with van der Waals surface area (Å²) in [6, 6.07) is 8.24. The van der Waals surface area contributed by atoms with Crippen LogP contribution >= 0.6 is 11.8 Å². The molecule has 1 saturated carbocycles. The molecular formula is C13H16O2S. The van der Waals surface area contributed by atoms with E-state index in [-0.39, 0.29) is 17.3 Å². The summed E-state index contributed by atoms with van der Waals surface area (Å²) in [7, 11) is 0. The molecule has 1 fully saturated rings. The molecule has 2 unspecified atom stereocenters. The lowest BCUT2D eigenvalue weighted by atomic mass is 10.0. The second-order valence-corrected chi connectivity index (χ2v) is 5.77. The summed E-state index contributed by atoms with van der Waals surface area (Å²) in [6.07, 6.45) is 2.04. The summed E-state index contributed by atoms with van der Waals surface area (Å²) in [5.41, 5.74) is 1.04. The van der Waals surface area contributed by atoms with Crippen LogP contribution in [0.5, 0.6) is 0 Å². The van der Waals surface area contributed by atoms with E-state index in [0.29, 0.717) is 0 Å². The van der Waals surface area contributed by atoms with Crippen LogP contribution in [-0.4, -0.2) is 17.3 Å². The molecule has 86 valence electrons. The largest absolute Gasteiger partial charge is 0.481 e. The van der Waals surface area contributed by atoms with Crippen LogP contribution in [0.4, 0.5) is 0 Å². The Labute approximate surface area is 100 Å². The van der Waals surface area contributed by atoms with Gasteiger partial charge in [-0.15, -0.1) is 11.8 Å². The fourth-order valence-corrected chi connectivity index (χ4v) is 2.94. The zero-order valence-electron chi connectivity index (χ0n) is 9.73. The Morgan fingerprint density at radius 2 is 1.88 bits per heavy atom. The third kappa shape index (κ3) is 1.73. The van der Waals surface area contributed by atoms with Gasteiger partial charge in [0.25, 0.3) is 0 Å². The van der Waals surface area contributed by atoms with E-state index in [2.05, 4.69) is 24.3 Å². The molecule has 1 aromatic carbocycles. The highest BCUT2D eigenvalue weighted by Crippen LogP contribution is 2.64. The Hall–Kier alpha value is -0.960. The lowest BCUT2D eigenvalue weighted by molar-refractivity contribution is -0.139. The van der Waals surface area contributed by atoms with Gasteiger partial charge in [-0.1, -0.05) is 26.0 Å².